The van der Waals surface area contributed by atoms with Gasteiger partial charge in [0.2, 0.25) is 0 Å². The molecule has 1 heterocycles. The summed E-state index contributed by atoms with van der Waals surface area (Å²) >= 11 is 0. The van der Waals surface area contributed by atoms with Gasteiger partial charge in [0.15, 0.2) is 0 Å². The van der Waals surface area contributed by atoms with E-state index in [1.54, 1.807) is 12.1 Å². The molecule has 0 saturated carbocycles. The Labute approximate surface area is 107 Å². The summed E-state index contributed by atoms with van der Waals surface area (Å²) in [5.41, 5.74) is 0.885. The molecule has 2 unspecified atom stereocenters. The number of rotatable bonds is 4. The van der Waals surface area contributed by atoms with Gasteiger partial charge >= 0.3 is 0 Å². The third-order valence-electron chi connectivity index (χ3n) is 3.78. The molecule has 1 aromatic rings. The Morgan fingerprint density at radius 2 is 2.17 bits per heavy atom. The first-order chi connectivity index (χ1) is 8.60. The van der Waals surface area contributed by atoms with Crippen molar-refractivity contribution in [1.29, 1.82) is 0 Å². The lowest BCUT2D eigenvalue weighted by Gasteiger charge is -2.22. The largest absolute Gasteiger partial charge is 0.508 e. The highest BCUT2D eigenvalue weighted by molar-refractivity contribution is 5.39. The maximum atomic E-state index is 9.76. The van der Waals surface area contributed by atoms with E-state index in [-0.39, 0.29) is 24.1 Å². The quantitative estimate of drug-likeness (QED) is 0.755. The number of aliphatic hydroxyl groups excluding tert-OH is 1. The van der Waals surface area contributed by atoms with Crippen LogP contribution in [0.1, 0.15) is 18.9 Å². The van der Waals surface area contributed by atoms with Crippen LogP contribution >= 0.6 is 0 Å². The predicted molar refractivity (Wildman–Crippen MR) is 69.7 cm³/mol. The van der Waals surface area contributed by atoms with E-state index in [4.69, 9.17) is 5.11 Å². The summed E-state index contributed by atoms with van der Waals surface area (Å²) in [6.07, 6.45) is 1.91. The molecular weight excluding hydrogens is 230 g/mol. The molecule has 0 aliphatic carbocycles. The second-order valence-corrected chi connectivity index (χ2v) is 5.20. The number of aromatic hydroxyl groups is 2. The smallest absolute Gasteiger partial charge is 0.122 e. The van der Waals surface area contributed by atoms with E-state index in [1.807, 2.05) is 6.92 Å². The van der Waals surface area contributed by atoms with Gasteiger partial charge in [-0.2, -0.15) is 0 Å². The van der Waals surface area contributed by atoms with Crippen LogP contribution in [0.2, 0.25) is 0 Å². The molecule has 1 aliphatic rings. The molecule has 1 fully saturated rings. The molecule has 4 nitrogen and oxygen atoms in total. The Bertz CT molecular complexity index is 408. The summed E-state index contributed by atoms with van der Waals surface area (Å²) in [5.74, 6) is 0.774. The van der Waals surface area contributed by atoms with Crippen LogP contribution in [-0.4, -0.2) is 46.0 Å². The van der Waals surface area contributed by atoms with E-state index >= 15 is 0 Å². The number of likely N-dealkylation sites (tertiary alicyclic amines) is 1. The second kappa shape index (κ2) is 5.59. The van der Waals surface area contributed by atoms with Gasteiger partial charge < -0.3 is 15.3 Å². The molecule has 0 bridgehead atoms. The van der Waals surface area contributed by atoms with Crippen LogP contribution in [0.15, 0.2) is 18.2 Å². The number of benzene rings is 1. The molecule has 18 heavy (non-hydrogen) atoms. The fourth-order valence-corrected chi connectivity index (χ4v) is 2.58. The summed E-state index contributed by atoms with van der Waals surface area (Å²) in [6, 6.07) is 4.99. The standard InChI is InChI=1S/C14H21NO3/c1-10(9-16)15-5-4-11(8-15)6-12-2-3-13(17)7-14(12)18/h2-3,7,10-11,16-18H,4-6,8-9H2,1H3. The molecule has 1 saturated heterocycles. The third kappa shape index (κ3) is 2.94. The molecule has 0 radical (unpaired) electrons. The minimum absolute atomic E-state index is 0.0956. The molecule has 0 aromatic heterocycles. The molecule has 4 heteroatoms. The Kier molecular flexibility index (Phi) is 4.09. The van der Waals surface area contributed by atoms with Gasteiger partial charge in [0.25, 0.3) is 0 Å². The van der Waals surface area contributed by atoms with Crippen molar-refractivity contribution in [3.8, 4) is 11.5 Å². The summed E-state index contributed by atoms with van der Waals surface area (Å²) < 4.78 is 0. The zero-order chi connectivity index (χ0) is 13.1. The molecule has 1 aromatic carbocycles. The highest BCUT2D eigenvalue weighted by Gasteiger charge is 2.26. The lowest BCUT2D eigenvalue weighted by molar-refractivity contribution is 0.154. The van der Waals surface area contributed by atoms with Gasteiger partial charge in [-0.25, -0.2) is 0 Å². The van der Waals surface area contributed by atoms with E-state index in [0.29, 0.717) is 5.92 Å². The van der Waals surface area contributed by atoms with Crippen molar-refractivity contribution < 1.29 is 15.3 Å². The summed E-state index contributed by atoms with van der Waals surface area (Å²) in [5, 5.41) is 28.1. The van der Waals surface area contributed by atoms with E-state index < -0.39 is 0 Å². The van der Waals surface area contributed by atoms with Crippen LogP contribution in [0, 0.1) is 5.92 Å². The van der Waals surface area contributed by atoms with Crippen molar-refractivity contribution in [3.05, 3.63) is 23.8 Å². The molecule has 0 spiro atoms. The third-order valence-corrected chi connectivity index (χ3v) is 3.78. The van der Waals surface area contributed by atoms with Gasteiger partial charge in [-0.05, 0) is 43.9 Å². The summed E-state index contributed by atoms with van der Waals surface area (Å²) in [4.78, 5) is 2.28. The number of phenolic OH excluding ortho intramolecular Hbond substituents is 2. The summed E-state index contributed by atoms with van der Waals surface area (Å²) in [6.45, 7) is 4.19. The van der Waals surface area contributed by atoms with Crippen LogP contribution in [0.4, 0.5) is 0 Å². The maximum absolute atomic E-state index is 9.76. The van der Waals surface area contributed by atoms with Crippen molar-refractivity contribution in [2.45, 2.75) is 25.8 Å². The SMILES string of the molecule is CC(CO)N1CCC(Cc2ccc(O)cc2O)C1. The number of hydrogen-bond acceptors (Lipinski definition) is 4. The maximum Gasteiger partial charge on any atom is 0.122 e. The molecule has 2 rings (SSSR count). The van der Waals surface area contributed by atoms with Crippen LogP contribution in [0.25, 0.3) is 0 Å². The van der Waals surface area contributed by atoms with Gasteiger partial charge in [-0.15, -0.1) is 0 Å². The minimum Gasteiger partial charge on any atom is -0.508 e. The Hall–Kier alpha value is -1.26. The van der Waals surface area contributed by atoms with Gasteiger partial charge in [-0.1, -0.05) is 6.07 Å². The zero-order valence-corrected chi connectivity index (χ0v) is 10.7. The normalized spacial score (nSPS) is 22.2. The fraction of sp³-hybridized carbons (Fsp3) is 0.571. The average molecular weight is 251 g/mol. The first-order valence-electron chi connectivity index (χ1n) is 6.46. The second-order valence-electron chi connectivity index (χ2n) is 5.20. The van der Waals surface area contributed by atoms with Crippen LogP contribution < -0.4 is 0 Å². The molecule has 0 amide bonds. The van der Waals surface area contributed by atoms with Crippen LogP contribution in [0.3, 0.4) is 0 Å². The van der Waals surface area contributed by atoms with Gasteiger partial charge in [0.05, 0.1) is 6.61 Å². The van der Waals surface area contributed by atoms with Gasteiger partial charge in [0, 0.05) is 18.7 Å². The van der Waals surface area contributed by atoms with E-state index in [1.165, 1.54) is 6.07 Å². The van der Waals surface area contributed by atoms with Crippen LogP contribution in [0.5, 0.6) is 11.5 Å². The molecule has 3 N–H and O–H groups in total. The minimum atomic E-state index is 0.0956. The van der Waals surface area contributed by atoms with E-state index in [9.17, 15) is 10.2 Å². The van der Waals surface area contributed by atoms with Gasteiger partial charge in [-0.3, -0.25) is 4.90 Å². The highest BCUT2D eigenvalue weighted by Crippen LogP contribution is 2.28. The predicted octanol–water partition coefficient (Wildman–Crippen LogP) is 1.34. The Morgan fingerprint density at radius 3 is 2.83 bits per heavy atom. The first kappa shape index (κ1) is 13.2. The monoisotopic (exact) mass is 251 g/mol. The van der Waals surface area contributed by atoms with Crippen molar-refractivity contribution in [1.82, 2.24) is 4.90 Å². The highest BCUT2D eigenvalue weighted by atomic mass is 16.3. The zero-order valence-electron chi connectivity index (χ0n) is 10.7. The van der Waals surface area contributed by atoms with E-state index in [0.717, 1.165) is 31.5 Å². The molecular formula is C14H21NO3. The van der Waals surface area contributed by atoms with Crippen molar-refractivity contribution >= 4 is 0 Å². The average Bonchev–Trinajstić information content (AvgIpc) is 2.80. The lowest BCUT2D eigenvalue weighted by Crippen LogP contribution is -2.33. The molecule has 100 valence electrons. The lowest BCUT2D eigenvalue weighted by atomic mass is 9.98. The number of hydrogen-bond donors (Lipinski definition) is 3. The van der Waals surface area contributed by atoms with Crippen LogP contribution in [-0.2, 0) is 6.42 Å². The van der Waals surface area contributed by atoms with E-state index in [2.05, 4.69) is 4.90 Å². The molecule has 2 atom stereocenters. The Balaban J connectivity index is 1.95. The topological polar surface area (TPSA) is 63.9 Å². The number of aliphatic hydroxyl groups is 1. The summed E-state index contributed by atoms with van der Waals surface area (Å²) in [7, 11) is 0. The Morgan fingerprint density at radius 1 is 1.39 bits per heavy atom. The van der Waals surface area contributed by atoms with Crippen molar-refractivity contribution in [2.75, 3.05) is 19.7 Å². The van der Waals surface area contributed by atoms with Crippen molar-refractivity contribution in [2.24, 2.45) is 5.92 Å². The van der Waals surface area contributed by atoms with Crippen molar-refractivity contribution in [3.63, 3.8) is 0 Å². The molecule has 1 aliphatic heterocycles. The van der Waals surface area contributed by atoms with Gasteiger partial charge in [0.1, 0.15) is 11.5 Å². The first-order valence-corrected chi connectivity index (χ1v) is 6.46. The fourth-order valence-electron chi connectivity index (χ4n) is 2.58. The number of nitrogens with zero attached hydrogens (tertiary/aromatic N) is 1. The number of phenols is 2.